The SMILES string of the molecule is Cc1cccc(Cl)c1NC(=O)Nc1cc(F)c(F)cc1C(=O)N[C@@H](CC1CCCCC1)C(=O)O. The molecule has 0 heterocycles. The van der Waals surface area contributed by atoms with Crippen LogP contribution in [0.15, 0.2) is 30.3 Å². The van der Waals surface area contributed by atoms with Gasteiger partial charge >= 0.3 is 12.0 Å². The number of carbonyl (C=O) groups is 3. The van der Waals surface area contributed by atoms with Gasteiger partial charge in [-0.25, -0.2) is 18.4 Å². The third-order valence-electron chi connectivity index (χ3n) is 5.91. The van der Waals surface area contributed by atoms with Crippen molar-refractivity contribution in [3.05, 3.63) is 58.1 Å². The molecule has 10 heteroatoms. The lowest BCUT2D eigenvalue weighted by molar-refractivity contribution is -0.139. The molecule has 4 N–H and O–H groups in total. The molecule has 0 spiro atoms. The van der Waals surface area contributed by atoms with Gasteiger partial charge in [-0.15, -0.1) is 0 Å². The molecule has 0 aromatic heterocycles. The van der Waals surface area contributed by atoms with Gasteiger partial charge in [0.2, 0.25) is 0 Å². The van der Waals surface area contributed by atoms with Crippen molar-refractivity contribution < 1.29 is 28.3 Å². The van der Waals surface area contributed by atoms with Crippen LogP contribution in [0.2, 0.25) is 5.02 Å². The maximum absolute atomic E-state index is 14.0. The first-order chi connectivity index (χ1) is 16.2. The van der Waals surface area contributed by atoms with E-state index >= 15 is 0 Å². The highest BCUT2D eigenvalue weighted by atomic mass is 35.5. The molecular formula is C24H26ClF2N3O4. The molecule has 1 aliphatic rings. The van der Waals surface area contributed by atoms with E-state index in [1.807, 2.05) is 0 Å². The summed E-state index contributed by atoms with van der Waals surface area (Å²) in [6.45, 7) is 1.72. The van der Waals surface area contributed by atoms with E-state index in [0.29, 0.717) is 23.4 Å². The minimum absolute atomic E-state index is 0.155. The molecule has 3 amide bonds. The van der Waals surface area contributed by atoms with E-state index in [0.717, 1.165) is 32.1 Å². The summed E-state index contributed by atoms with van der Waals surface area (Å²) < 4.78 is 27.9. The third-order valence-corrected chi connectivity index (χ3v) is 6.23. The van der Waals surface area contributed by atoms with Gasteiger partial charge in [0, 0.05) is 6.07 Å². The lowest BCUT2D eigenvalue weighted by Gasteiger charge is -2.25. The van der Waals surface area contributed by atoms with Gasteiger partial charge in [-0.1, -0.05) is 55.8 Å². The number of carboxylic acids is 1. The number of carbonyl (C=O) groups excluding carboxylic acids is 2. The lowest BCUT2D eigenvalue weighted by atomic mass is 9.85. The van der Waals surface area contributed by atoms with Crippen molar-refractivity contribution in [2.75, 3.05) is 10.6 Å². The zero-order valence-electron chi connectivity index (χ0n) is 18.6. The number of urea groups is 1. The maximum Gasteiger partial charge on any atom is 0.326 e. The van der Waals surface area contributed by atoms with Crippen molar-refractivity contribution in [2.45, 2.75) is 51.5 Å². The Morgan fingerprint density at radius 3 is 2.41 bits per heavy atom. The highest BCUT2D eigenvalue weighted by Gasteiger charge is 2.27. The Morgan fingerprint density at radius 1 is 1.09 bits per heavy atom. The number of aliphatic carboxylic acids is 1. The van der Waals surface area contributed by atoms with Crippen molar-refractivity contribution in [2.24, 2.45) is 5.92 Å². The molecule has 7 nitrogen and oxygen atoms in total. The average molecular weight is 494 g/mol. The van der Waals surface area contributed by atoms with Crippen molar-refractivity contribution in [3.63, 3.8) is 0 Å². The van der Waals surface area contributed by atoms with Gasteiger partial charge in [0.05, 0.1) is 22.0 Å². The minimum Gasteiger partial charge on any atom is -0.480 e. The van der Waals surface area contributed by atoms with Gasteiger partial charge in [0.25, 0.3) is 5.91 Å². The van der Waals surface area contributed by atoms with Crippen LogP contribution in [0.25, 0.3) is 0 Å². The van der Waals surface area contributed by atoms with Gasteiger partial charge in [-0.2, -0.15) is 0 Å². The van der Waals surface area contributed by atoms with Crippen LogP contribution >= 0.6 is 11.6 Å². The highest BCUT2D eigenvalue weighted by Crippen LogP contribution is 2.28. The molecule has 1 atom stereocenters. The summed E-state index contributed by atoms with van der Waals surface area (Å²) in [5.41, 5.74) is 0.256. The van der Waals surface area contributed by atoms with E-state index in [1.165, 1.54) is 0 Å². The summed E-state index contributed by atoms with van der Waals surface area (Å²) in [7, 11) is 0. The quantitative estimate of drug-likeness (QED) is 0.395. The van der Waals surface area contributed by atoms with Gasteiger partial charge in [-0.05, 0) is 37.0 Å². The smallest absolute Gasteiger partial charge is 0.326 e. The first kappa shape index (κ1) is 25.4. The Balaban J connectivity index is 1.79. The molecule has 0 radical (unpaired) electrons. The number of aryl methyl sites for hydroxylation is 1. The summed E-state index contributed by atoms with van der Waals surface area (Å²) in [6.07, 6.45) is 5.09. The standard InChI is InChI=1S/C24H26ClF2N3O4/c1-13-6-5-9-16(25)21(13)30-24(34)29-19-12-18(27)17(26)11-15(19)22(31)28-20(23(32)33)10-14-7-3-2-4-8-14/h5-6,9,11-12,14,20H,2-4,7-8,10H2,1H3,(H,28,31)(H,32,33)(H2,29,30,34)/t20-/m0/s1. The molecule has 1 aliphatic carbocycles. The molecule has 0 unspecified atom stereocenters. The monoisotopic (exact) mass is 493 g/mol. The van der Waals surface area contributed by atoms with E-state index in [4.69, 9.17) is 11.6 Å². The number of nitrogens with one attached hydrogen (secondary N) is 3. The summed E-state index contributed by atoms with van der Waals surface area (Å²) >= 11 is 6.10. The second-order valence-corrected chi connectivity index (χ2v) is 8.83. The highest BCUT2D eigenvalue weighted by molar-refractivity contribution is 6.34. The normalized spacial score (nSPS) is 14.8. The van der Waals surface area contributed by atoms with E-state index in [1.54, 1.807) is 25.1 Å². The van der Waals surface area contributed by atoms with E-state index in [-0.39, 0.29) is 23.0 Å². The van der Waals surface area contributed by atoms with Crippen molar-refractivity contribution in [1.82, 2.24) is 5.32 Å². The number of rotatable bonds is 7. The van der Waals surface area contributed by atoms with E-state index < -0.39 is 41.1 Å². The Bertz CT molecular complexity index is 1070. The van der Waals surface area contributed by atoms with Crippen LogP contribution < -0.4 is 16.0 Å². The zero-order valence-corrected chi connectivity index (χ0v) is 19.3. The number of benzene rings is 2. The molecule has 0 bridgehead atoms. The minimum atomic E-state index is -1.31. The maximum atomic E-state index is 14.0. The molecule has 34 heavy (non-hydrogen) atoms. The fourth-order valence-corrected chi connectivity index (χ4v) is 4.38. The predicted octanol–water partition coefficient (Wildman–Crippen LogP) is 5.72. The first-order valence-electron chi connectivity index (χ1n) is 11.0. The third kappa shape index (κ3) is 6.44. The molecule has 3 rings (SSSR count). The van der Waals surface area contributed by atoms with Gasteiger partial charge in [0.15, 0.2) is 11.6 Å². The number of halogens is 3. The average Bonchev–Trinajstić information content (AvgIpc) is 2.78. The second-order valence-electron chi connectivity index (χ2n) is 8.43. The van der Waals surface area contributed by atoms with Gasteiger partial charge < -0.3 is 21.1 Å². The molecular weight excluding hydrogens is 468 g/mol. The number of hydrogen-bond acceptors (Lipinski definition) is 3. The second kappa shape index (κ2) is 11.3. The summed E-state index contributed by atoms with van der Waals surface area (Å²) in [6, 6.07) is 4.24. The molecule has 1 fully saturated rings. The molecule has 1 saturated carbocycles. The van der Waals surface area contributed by atoms with Crippen molar-refractivity contribution in [3.8, 4) is 0 Å². The van der Waals surface area contributed by atoms with E-state index in [2.05, 4.69) is 16.0 Å². The molecule has 2 aromatic carbocycles. The fourth-order valence-electron chi connectivity index (χ4n) is 4.11. The Hall–Kier alpha value is -3.20. The molecule has 182 valence electrons. The van der Waals surface area contributed by atoms with Crippen LogP contribution in [-0.2, 0) is 4.79 Å². The lowest BCUT2D eigenvalue weighted by Crippen LogP contribution is -2.42. The number of hydrogen-bond donors (Lipinski definition) is 4. The van der Waals surface area contributed by atoms with Gasteiger partial charge in [-0.3, -0.25) is 4.79 Å². The topological polar surface area (TPSA) is 108 Å². The summed E-state index contributed by atoms with van der Waals surface area (Å²) in [5, 5.41) is 17.1. The Morgan fingerprint density at radius 2 is 1.76 bits per heavy atom. The van der Waals surface area contributed by atoms with Crippen LogP contribution in [0.3, 0.4) is 0 Å². The van der Waals surface area contributed by atoms with Crippen molar-refractivity contribution in [1.29, 1.82) is 0 Å². The number of carboxylic acid groups (broad SMARTS) is 1. The number of amides is 3. The molecule has 0 saturated heterocycles. The number of para-hydroxylation sites is 1. The van der Waals surface area contributed by atoms with Crippen molar-refractivity contribution >= 4 is 40.9 Å². The Labute approximate surface area is 200 Å². The van der Waals surface area contributed by atoms with Crippen LogP contribution in [-0.4, -0.2) is 29.1 Å². The van der Waals surface area contributed by atoms with E-state index in [9.17, 15) is 28.3 Å². The summed E-state index contributed by atoms with van der Waals surface area (Å²) in [4.78, 5) is 37.2. The van der Waals surface area contributed by atoms with Crippen LogP contribution in [0, 0.1) is 24.5 Å². The molecule has 0 aliphatic heterocycles. The van der Waals surface area contributed by atoms with Crippen LogP contribution in [0.1, 0.15) is 54.4 Å². The predicted molar refractivity (Wildman–Crippen MR) is 125 cm³/mol. The summed E-state index contributed by atoms with van der Waals surface area (Å²) in [5.74, 6) is -4.59. The van der Waals surface area contributed by atoms with Crippen LogP contribution in [0.4, 0.5) is 25.0 Å². The Kier molecular flexibility index (Phi) is 8.44. The zero-order chi connectivity index (χ0) is 24.8. The number of anilines is 2. The molecule has 2 aromatic rings. The first-order valence-corrected chi connectivity index (χ1v) is 11.4. The van der Waals surface area contributed by atoms with Gasteiger partial charge in [0.1, 0.15) is 6.04 Å². The fraction of sp³-hybridized carbons (Fsp3) is 0.375. The van der Waals surface area contributed by atoms with Crippen LogP contribution in [0.5, 0.6) is 0 Å². The largest absolute Gasteiger partial charge is 0.480 e.